The van der Waals surface area contributed by atoms with Gasteiger partial charge in [0.1, 0.15) is 5.75 Å². The molecule has 1 aromatic carbocycles. The highest BCUT2D eigenvalue weighted by Crippen LogP contribution is 2.25. The molecule has 25 heavy (non-hydrogen) atoms. The monoisotopic (exact) mass is 345 g/mol. The Balaban J connectivity index is 2.17. The number of carboxylic acids is 1. The third kappa shape index (κ3) is 5.00. The van der Waals surface area contributed by atoms with Gasteiger partial charge in [0.2, 0.25) is 11.8 Å². The molecule has 0 radical (unpaired) electrons. The number of amides is 2. The summed E-state index contributed by atoms with van der Waals surface area (Å²) in [5, 5.41) is 11.0. The van der Waals surface area contributed by atoms with E-state index in [0.717, 1.165) is 0 Å². The minimum absolute atomic E-state index is 0.162. The summed E-state index contributed by atoms with van der Waals surface area (Å²) in [6.45, 7) is 0.912. The fourth-order valence-corrected chi connectivity index (χ4v) is 2.62. The average Bonchev–Trinajstić information content (AvgIpc) is 2.55. The predicted octanol–water partition coefficient (Wildman–Crippen LogP) is 1.50. The fourth-order valence-electron chi connectivity index (χ4n) is 2.62. The lowest BCUT2D eigenvalue weighted by atomic mass is 9.95. The normalized spacial score (nSPS) is 17.4. The molecule has 1 heterocycles. The molecule has 1 aromatic rings. The Hall–Kier alpha value is -2.96. The second kappa shape index (κ2) is 8.23. The van der Waals surface area contributed by atoms with Crippen LogP contribution in [0.2, 0.25) is 0 Å². The Morgan fingerprint density at radius 3 is 2.76 bits per heavy atom. The number of benzene rings is 1. The van der Waals surface area contributed by atoms with Gasteiger partial charge in [-0.15, -0.1) is 0 Å². The summed E-state index contributed by atoms with van der Waals surface area (Å²) in [5.41, 5.74) is 1.01. The summed E-state index contributed by atoms with van der Waals surface area (Å²) in [5.74, 6) is -1.97. The number of hydrogen-bond donors (Lipinski definition) is 2. The third-order valence-electron chi connectivity index (χ3n) is 3.84. The number of imide groups is 1. The van der Waals surface area contributed by atoms with Crippen molar-refractivity contribution in [3.63, 3.8) is 0 Å². The first-order valence-corrected chi connectivity index (χ1v) is 7.86. The topological polar surface area (TPSA) is 110 Å². The number of carbonyl (C=O) groups is 4. The number of allylic oxidation sites excluding steroid dienone is 1. The van der Waals surface area contributed by atoms with Crippen molar-refractivity contribution in [2.45, 2.75) is 26.2 Å². The van der Waals surface area contributed by atoms with Crippen LogP contribution in [0.25, 0.3) is 0 Å². The number of ether oxygens (including phenoxy) is 1. The minimum Gasteiger partial charge on any atom is -0.482 e. The molecule has 1 atom stereocenters. The molecule has 1 unspecified atom stereocenters. The van der Waals surface area contributed by atoms with E-state index in [1.165, 1.54) is 6.92 Å². The van der Waals surface area contributed by atoms with E-state index in [1.54, 1.807) is 30.4 Å². The van der Waals surface area contributed by atoms with Crippen molar-refractivity contribution in [1.29, 1.82) is 0 Å². The summed E-state index contributed by atoms with van der Waals surface area (Å²) in [6.07, 6.45) is 4.47. The molecule has 132 valence electrons. The van der Waals surface area contributed by atoms with Gasteiger partial charge < -0.3 is 9.84 Å². The molecule has 0 bridgehead atoms. The maximum Gasteiger partial charge on any atom is 0.341 e. The second-order valence-corrected chi connectivity index (χ2v) is 5.71. The van der Waals surface area contributed by atoms with Gasteiger partial charge in [0.15, 0.2) is 12.4 Å². The molecule has 0 aliphatic carbocycles. The Labute approximate surface area is 144 Å². The average molecular weight is 345 g/mol. The highest BCUT2D eigenvalue weighted by molar-refractivity contribution is 5.99. The van der Waals surface area contributed by atoms with Crippen molar-refractivity contribution in [1.82, 2.24) is 5.32 Å². The number of aliphatic carboxylic acids is 1. The number of piperidine rings is 1. The van der Waals surface area contributed by atoms with Crippen molar-refractivity contribution in [2.24, 2.45) is 5.92 Å². The number of hydrogen-bond acceptors (Lipinski definition) is 5. The molecule has 1 aliphatic heterocycles. The van der Waals surface area contributed by atoms with Crippen molar-refractivity contribution in [3.8, 4) is 5.75 Å². The molecule has 0 spiro atoms. The lowest BCUT2D eigenvalue weighted by molar-refractivity contribution is -0.139. The van der Waals surface area contributed by atoms with Gasteiger partial charge in [-0.3, -0.25) is 19.7 Å². The Kier molecular flexibility index (Phi) is 6.05. The Morgan fingerprint density at radius 1 is 1.36 bits per heavy atom. The zero-order chi connectivity index (χ0) is 18.4. The quantitative estimate of drug-likeness (QED) is 0.440. The van der Waals surface area contributed by atoms with Crippen LogP contribution in [-0.2, 0) is 20.8 Å². The van der Waals surface area contributed by atoms with Gasteiger partial charge in [-0.25, -0.2) is 4.79 Å². The molecular formula is C18H19NO6. The van der Waals surface area contributed by atoms with E-state index in [9.17, 15) is 19.2 Å². The lowest BCUT2D eigenvalue weighted by Gasteiger charge is -2.17. The van der Waals surface area contributed by atoms with Crippen molar-refractivity contribution >= 4 is 23.6 Å². The smallest absolute Gasteiger partial charge is 0.341 e. The highest BCUT2D eigenvalue weighted by atomic mass is 16.5. The van der Waals surface area contributed by atoms with E-state index in [2.05, 4.69) is 5.32 Å². The summed E-state index contributed by atoms with van der Waals surface area (Å²) in [6, 6.07) is 4.87. The first kappa shape index (κ1) is 18.4. The first-order valence-electron chi connectivity index (χ1n) is 7.86. The molecule has 1 fully saturated rings. The van der Waals surface area contributed by atoms with Gasteiger partial charge in [-0.2, -0.15) is 0 Å². The van der Waals surface area contributed by atoms with Gasteiger partial charge in [0.25, 0.3) is 0 Å². The zero-order valence-electron chi connectivity index (χ0n) is 13.8. The molecule has 2 rings (SSSR count). The van der Waals surface area contributed by atoms with Crippen LogP contribution in [0.1, 0.15) is 35.7 Å². The minimum atomic E-state index is -1.11. The highest BCUT2D eigenvalue weighted by Gasteiger charge is 2.24. The van der Waals surface area contributed by atoms with Crippen LogP contribution in [0.5, 0.6) is 5.75 Å². The van der Waals surface area contributed by atoms with E-state index in [-0.39, 0.29) is 24.0 Å². The molecule has 0 aromatic heterocycles. The zero-order valence-corrected chi connectivity index (χ0v) is 13.8. The van der Waals surface area contributed by atoms with E-state index in [4.69, 9.17) is 9.84 Å². The Bertz CT molecular complexity index is 737. The SMILES string of the molecule is CC(=O)c1cccc(OCC(=O)O)c1C/C=C/C1CCC(=O)NC1=O. The van der Waals surface area contributed by atoms with Crippen LogP contribution in [0, 0.1) is 5.92 Å². The molecule has 7 nitrogen and oxygen atoms in total. The maximum absolute atomic E-state index is 11.8. The van der Waals surface area contributed by atoms with Crippen LogP contribution in [0.3, 0.4) is 0 Å². The van der Waals surface area contributed by atoms with Crippen LogP contribution < -0.4 is 10.1 Å². The van der Waals surface area contributed by atoms with Gasteiger partial charge in [0.05, 0.1) is 5.92 Å². The summed E-state index contributed by atoms with van der Waals surface area (Å²) < 4.78 is 5.26. The van der Waals surface area contributed by atoms with E-state index in [0.29, 0.717) is 29.7 Å². The summed E-state index contributed by atoms with van der Waals surface area (Å²) >= 11 is 0. The van der Waals surface area contributed by atoms with E-state index >= 15 is 0 Å². The number of Topliss-reactive ketones (excluding diaryl/α,β-unsaturated/α-hetero) is 1. The molecule has 2 N–H and O–H groups in total. The largest absolute Gasteiger partial charge is 0.482 e. The van der Waals surface area contributed by atoms with Gasteiger partial charge in [-0.05, 0) is 25.8 Å². The number of carbonyl (C=O) groups excluding carboxylic acids is 3. The van der Waals surface area contributed by atoms with Crippen LogP contribution >= 0.6 is 0 Å². The predicted molar refractivity (Wildman–Crippen MR) is 88.3 cm³/mol. The molecule has 1 saturated heterocycles. The molecule has 0 saturated carbocycles. The van der Waals surface area contributed by atoms with Crippen LogP contribution in [-0.4, -0.2) is 35.3 Å². The van der Waals surface area contributed by atoms with Gasteiger partial charge in [-0.1, -0.05) is 24.3 Å². The van der Waals surface area contributed by atoms with Crippen LogP contribution in [0.4, 0.5) is 0 Å². The number of rotatable bonds is 7. The van der Waals surface area contributed by atoms with E-state index < -0.39 is 18.5 Å². The van der Waals surface area contributed by atoms with Gasteiger partial charge >= 0.3 is 5.97 Å². The van der Waals surface area contributed by atoms with Crippen molar-refractivity contribution < 1.29 is 29.0 Å². The van der Waals surface area contributed by atoms with Crippen molar-refractivity contribution in [3.05, 3.63) is 41.5 Å². The number of nitrogens with one attached hydrogen (secondary N) is 1. The number of carboxylic acid groups (broad SMARTS) is 1. The summed E-state index contributed by atoms with van der Waals surface area (Å²) in [4.78, 5) is 45.4. The fraction of sp³-hybridized carbons (Fsp3) is 0.333. The molecule has 1 aliphatic rings. The summed E-state index contributed by atoms with van der Waals surface area (Å²) in [7, 11) is 0. The lowest BCUT2D eigenvalue weighted by Crippen LogP contribution is -2.39. The standard InChI is InChI=1S/C18H19NO6/c1-11(20)13-5-3-7-15(25-10-17(22)23)14(13)6-2-4-12-8-9-16(21)19-18(12)24/h2-5,7,12H,6,8-10H2,1H3,(H,22,23)(H,19,21,24)/b4-2+. The second-order valence-electron chi connectivity index (χ2n) is 5.71. The van der Waals surface area contributed by atoms with Gasteiger partial charge in [0, 0.05) is 17.5 Å². The van der Waals surface area contributed by atoms with Crippen molar-refractivity contribution in [2.75, 3.05) is 6.61 Å². The third-order valence-corrected chi connectivity index (χ3v) is 3.84. The molecule has 2 amide bonds. The molecule has 7 heteroatoms. The van der Waals surface area contributed by atoms with Crippen LogP contribution in [0.15, 0.2) is 30.4 Å². The first-order chi connectivity index (χ1) is 11.9. The van der Waals surface area contributed by atoms with E-state index in [1.807, 2.05) is 0 Å². The maximum atomic E-state index is 11.8. The molecular weight excluding hydrogens is 326 g/mol. The number of ketones is 1. The Morgan fingerprint density at radius 2 is 2.12 bits per heavy atom.